The zero-order chi connectivity index (χ0) is 17.9. The number of thiazole rings is 1. The van der Waals surface area contributed by atoms with Gasteiger partial charge in [-0.15, -0.1) is 11.3 Å². The third-order valence-corrected chi connectivity index (χ3v) is 4.51. The number of anilines is 1. The van der Waals surface area contributed by atoms with Gasteiger partial charge < -0.3 is 0 Å². The second-order valence-electron chi connectivity index (χ2n) is 5.43. The molecule has 0 spiro atoms. The maximum absolute atomic E-state index is 14.5. The molecule has 2 heterocycles. The molecule has 2 aromatic carbocycles. The Balaban J connectivity index is 1.56. The Bertz CT molecular complexity index is 1090. The Morgan fingerprint density at radius 3 is 2.77 bits per heavy atom. The van der Waals surface area contributed by atoms with E-state index in [-0.39, 0.29) is 16.5 Å². The number of nitrogens with one attached hydrogen (secondary N) is 1. The molecule has 4 nitrogen and oxygen atoms in total. The molecule has 2 aromatic heterocycles. The first-order valence-electron chi connectivity index (χ1n) is 7.75. The van der Waals surface area contributed by atoms with Crippen LogP contribution < -0.4 is 5.43 Å². The molecule has 4 rings (SSSR count). The summed E-state index contributed by atoms with van der Waals surface area (Å²) < 4.78 is 28.6. The summed E-state index contributed by atoms with van der Waals surface area (Å²) in [5, 5.41) is 6.58. The molecule has 0 fully saturated rings. The van der Waals surface area contributed by atoms with Gasteiger partial charge in [0.25, 0.3) is 0 Å². The zero-order valence-electron chi connectivity index (χ0n) is 13.4. The minimum absolute atomic E-state index is 0.224. The van der Waals surface area contributed by atoms with Gasteiger partial charge in [0, 0.05) is 28.6 Å². The number of hydrogen-bond donors (Lipinski definition) is 1. The van der Waals surface area contributed by atoms with Crippen molar-refractivity contribution in [1.82, 2.24) is 9.97 Å². The van der Waals surface area contributed by atoms with Gasteiger partial charge >= 0.3 is 0 Å². The molecule has 0 bridgehead atoms. The van der Waals surface area contributed by atoms with Gasteiger partial charge in [0.1, 0.15) is 11.6 Å². The summed E-state index contributed by atoms with van der Waals surface area (Å²) in [5.41, 5.74) is 4.55. The van der Waals surface area contributed by atoms with E-state index in [4.69, 9.17) is 0 Å². The molecule has 0 aliphatic heterocycles. The van der Waals surface area contributed by atoms with Gasteiger partial charge in [-0.1, -0.05) is 30.3 Å². The molecule has 4 aromatic rings. The van der Waals surface area contributed by atoms with Crippen LogP contribution in [0.5, 0.6) is 0 Å². The van der Waals surface area contributed by atoms with Crippen molar-refractivity contribution in [3.63, 3.8) is 0 Å². The van der Waals surface area contributed by atoms with Crippen molar-refractivity contribution in [3.8, 4) is 11.3 Å². The molecule has 0 aliphatic rings. The minimum atomic E-state index is -0.719. The summed E-state index contributed by atoms with van der Waals surface area (Å²) in [4.78, 5) is 8.36. The van der Waals surface area contributed by atoms with E-state index in [9.17, 15) is 8.78 Å². The highest BCUT2D eigenvalue weighted by molar-refractivity contribution is 7.14. The fourth-order valence-electron chi connectivity index (χ4n) is 2.50. The predicted molar refractivity (Wildman–Crippen MR) is 100 cm³/mol. The van der Waals surface area contributed by atoms with E-state index >= 15 is 0 Å². The van der Waals surface area contributed by atoms with E-state index in [0.717, 1.165) is 17.5 Å². The third kappa shape index (κ3) is 3.16. The number of hydrogen-bond acceptors (Lipinski definition) is 5. The second-order valence-corrected chi connectivity index (χ2v) is 6.29. The fourth-order valence-corrected chi connectivity index (χ4v) is 3.17. The van der Waals surface area contributed by atoms with Crippen molar-refractivity contribution in [3.05, 3.63) is 77.3 Å². The number of halogens is 2. The fraction of sp³-hybridized carbons (Fsp3) is 0. The number of nitrogens with zero attached hydrogens (tertiary/aromatic N) is 3. The molecule has 128 valence electrons. The molecule has 0 aliphatic carbocycles. The molecule has 26 heavy (non-hydrogen) atoms. The number of pyridine rings is 1. The zero-order valence-corrected chi connectivity index (χ0v) is 14.2. The lowest BCUT2D eigenvalue weighted by molar-refractivity contribution is 0.588. The van der Waals surface area contributed by atoms with Crippen LogP contribution in [0.1, 0.15) is 5.56 Å². The van der Waals surface area contributed by atoms with Crippen LogP contribution in [-0.4, -0.2) is 16.2 Å². The normalized spacial score (nSPS) is 11.3. The second kappa shape index (κ2) is 6.97. The summed E-state index contributed by atoms with van der Waals surface area (Å²) in [7, 11) is 0. The third-order valence-electron chi connectivity index (χ3n) is 3.76. The molecule has 0 saturated carbocycles. The molecule has 1 N–H and O–H groups in total. The lowest BCUT2D eigenvalue weighted by Crippen LogP contribution is -1.99. The van der Waals surface area contributed by atoms with Crippen LogP contribution in [0.4, 0.5) is 13.9 Å². The van der Waals surface area contributed by atoms with Crippen molar-refractivity contribution in [2.75, 3.05) is 5.43 Å². The SMILES string of the molecule is Fc1cc2ncccc2c(F)c1C=NNc1nc(-c2ccccc2)cs1. The predicted octanol–water partition coefficient (Wildman–Crippen LogP) is 5.08. The number of rotatable bonds is 4. The first kappa shape index (κ1) is 16.3. The highest BCUT2D eigenvalue weighted by Crippen LogP contribution is 2.25. The number of benzene rings is 2. The molecule has 0 radical (unpaired) electrons. The van der Waals surface area contributed by atoms with Gasteiger partial charge in [-0.25, -0.2) is 13.8 Å². The van der Waals surface area contributed by atoms with E-state index in [1.165, 1.54) is 23.6 Å². The van der Waals surface area contributed by atoms with Gasteiger partial charge in [0.05, 0.1) is 23.0 Å². The Morgan fingerprint density at radius 1 is 1.08 bits per heavy atom. The topological polar surface area (TPSA) is 50.2 Å². The Labute approximate surface area is 151 Å². The average Bonchev–Trinajstić information content (AvgIpc) is 3.14. The van der Waals surface area contributed by atoms with Crippen molar-refractivity contribution < 1.29 is 8.78 Å². The number of fused-ring (bicyclic) bond motifs is 1. The van der Waals surface area contributed by atoms with E-state index in [0.29, 0.717) is 5.13 Å². The van der Waals surface area contributed by atoms with Crippen LogP contribution in [0.25, 0.3) is 22.2 Å². The maximum atomic E-state index is 14.5. The Kier molecular flexibility index (Phi) is 4.37. The summed E-state index contributed by atoms with van der Waals surface area (Å²) in [5.74, 6) is -1.41. The van der Waals surface area contributed by atoms with Crippen LogP contribution in [0, 0.1) is 11.6 Å². The van der Waals surface area contributed by atoms with E-state index in [1.54, 1.807) is 12.1 Å². The van der Waals surface area contributed by atoms with Crippen LogP contribution in [-0.2, 0) is 0 Å². The molecular formula is C19H12F2N4S. The van der Waals surface area contributed by atoms with Gasteiger partial charge in [0.15, 0.2) is 0 Å². The molecule has 7 heteroatoms. The van der Waals surface area contributed by atoms with Crippen LogP contribution in [0.2, 0.25) is 0 Å². The van der Waals surface area contributed by atoms with Gasteiger partial charge in [-0.05, 0) is 12.1 Å². The van der Waals surface area contributed by atoms with E-state index < -0.39 is 11.6 Å². The van der Waals surface area contributed by atoms with Gasteiger partial charge in [-0.3, -0.25) is 10.4 Å². The average molecular weight is 366 g/mol. The standard InChI is InChI=1S/C19H12F2N4S/c20-15-9-16-13(7-4-8-22-16)18(21)14(15)10-23-25-19-24-17(11-26-19)12-5-2-1-3-6-12/h1-11H,(H,24,25). The number of hydrazone groups is 1. The molecule has 0 saturated heterocycles. The first-order valence-corrected chi connectivity index (χ1v) is 8.63. The first-order chi connectivity index (χ1) is 12.7. The number of aromatic nitrogens is 2. The quantitative estimate of drug-likeness (QED) is 0.405. The molecule has 0 amide bonds. The van der Waals surface area contributed by atoms with Crippen LogP contribution in [0.15, 0.2) is 65.2 Å². The molecular weight excluding hydrogens is 354 g/mol. The van der Waals surface area contributed by atoms with Crippen molar-refractivity contribution >= 4 is 33.6 Å². The molecule has 0 atom stereocenters. The highest BCUT2D eigenvalue weighted by atomic mass is 32.1. The van der Waals surface area contributed by atoms with E-state index in [1.807, 2.05) is 35.7 Å². The maximum Gasteiger partial charge on any atom is 0.203 e. The highest BCUT2D eigenvalue weighted by Gasteiger charge is 2.12. The molecule has 0 unspecified atom stereocenters. The summed E-state index contributed by atoms with van der Waals surface area (Å²) >= 11 is 1.36. The largest absolute Gasteiger partial charge is 0.256 e. The van der Waals surface area contributed by atoms with E-state index in [2.05, 4.69) is 20.5 Å². The van der Waals surface area contributed by atoms with Crippen LogP contribution in [0.3, 0.4) is 0 Å². The Hall–Kier alpha value is -3.19. The smallest absolute Gasteiger partial charge is 0.203 e. The summed E-state index contributed by atoms with van der Waals surface area (Å²) in [6, 6.07) is 14.0. The Morgan fingerprint density at radius 2 is 1.92 bits per heavy atom. The van der Waals surface area contributed by atoms with Crippen LogP contribution >= 0.6 is 11.3 Å². The minimum Gasteiger partial charge on any atom is -0.256 e. The van der Waals surface area contributed by atoms with Gasteiger partial charge in [0.2, 0.25) is 5.13 Å². The lowest BCUT2D eigenvalue weighted by atomic mass is 10.1. The monoisotopic (exact) mass is 366 g/mol. The lowest BCUT2D eigenvalue weighted by Gasteiger charge is -2.03. The van der Waals surface area contributed by atoms with Gasteiger partial charge in [-0.2, -0.15) is 5.10 Å². The summed E-state index contributed by atoms with van der Waals surface area (Å²) in [6.45, 7) is 0. The van der Waals surface area contributed by atoms with Crippen molar-refractivity contribution in [2.24, 2.45) is 5.10 Å². The summed E-state index contributed by atoms with van der Waals surface area (Å²) in [6.07, 6.45) is 2.60. The van der Waals surface area contributed by atoms with Crippen molar-refractivity contribution in [2.45, 2.75) is 0 Å². The van der Waals surface area contributed by atoms with Crippen molar-refractivity contribution in [1.29, 1.82) is 0 Å².